The minimum absolute atomic E-state index is 0.00642. The van der Waals surface area contributed by atoms with Crippen molar-refractivity contribution in [2.45, 2.75) is 20.0 Å². The van der Waals surface area contributed by atoms with E-state index in [0.717, 1.165) is 16.7 Å². The molecule has 0 radical (unpaired) electrons. The highest BCUT2D eigenvalue weighted by atomic mass is 79.9. The zero-order chi connectivity index (χ0) is 22.7. The molecule has 0 bridgehead atoms. The Morgan fingerprint density at radius 3 is 2.48 bits per heavy atom. The maximum Gasteiger partial charge on any atom is 0.293 e. The zero-order valence-electron chi connectivity index (χ0n) is 16.5. The van der Waals surface area contributed by atoms with Crippen molar-refractivity contribution in [2.75, 3.05) is 6.54 Å². The van der Waals surface area contributed by atoms with E-state index in [1.165, 1.54) is 24.3 Å². The number of nitro groups is 1. The van der Waals surface area contributed by atoms with Gasteiger partial charge in [-0.05, 0) is 77.4 Å². The Bertz CT molecular complexity index is 1100. The Balaban J connectivity index is 1.73. The highest BCUT2D eigenvalue weighted by Gasteiger charge is 2.36. The number of thioether (sulfide) groups is 1. The number of carbonyl (C=O) groups is 3. The second-order valence-electron chi connectivity index (χ2n) is 6.85. The predicted octanol–water partition coefficient (Wildman–Crippen LogP) is 5.06. The van der Waals surface area contributed by atoms with Gasteiger partial charge in [0.1, 0.15) is 5.75 Å². The van der Waals surface area contributed by atoms with Gasteiger partial charge in [0.05, 0.1) is 26.9 Å². The van der Waals surface area contributed by atoms with Crippen molar-refractivity contribution in [3.05, 3.63) is 73.1 Å². The maximum absolute atomic E-state index is 12.7. The number of hydrogen-bond donors (Lipinski definition) is 0. The van der Waals surface area contributed by atoms with Gasteiger partial charge in [0, 0.05) is 17.7 Å². The van der Waals surface area contributed by atoms with Crippen LogP contribution in [-0.4, -0.2) is 39.4 Å². The number of carbonyl (C=O) groups excluding carboxylic acids is 3. The lowest BCUT2D eigenvalue weighted by Gasteiger charge is -2.12. The van der Waals surface area contributed by atoms with Crippen LogP contribution >= 0.6 is 27.7 Å². The van der Waals surface area contributed by atoms with E-state index in [-0.39, 0.29) is 22.3 Å². The van der Waals surface area contributed by atoms with Gasteiger partial charge in [-0.25, -0.2) is 0 Å². The first-order valence-corrected chi connectivity index (χ1v) is 10.8. The molecule has 0 aliphatic carbocycles. The van der Waals surface area contributed by atoms with Gasteiger partial charge in [-0.1, -0.05) is 6.07 Å². The van der Waals surface area contributed by atoms with E-state index < -0.39 is 28.4 Å². The molecule has 0 N–H and O–H groups in total. The number of hydrogen-bond acceptors (Lipinski definition) is 7. The van der Waals surface area contributed by atoms with Crippen LogP contribution in [0.4, 0.5) is 10.5 Å². The number of non-ortho nitro benzene ring substituents is 1. The van der Waals surface area contributed by atoms with Gasteiger partial charge >= 0.3 is 0 Å². The molecule has 0 saturated carbocycles. The van der Waals surface area contributed by atoms with Gasteiger partial charge in [0.25, 0.3) is 16.8 Å². The van der Waals surface area contributed by atoms with Crippen LogP contribution in [0.1, 0.15) is 29.8 Å². The van der Waals surface area contributed by atoms with Crippen molar-refractivity contribution in [3.63, 3.8) is 0 Å². The van der Waals surface area contributed by atoms with Crippen molar-refractivity contribution in [1.29, 1.82) is 0 Å². The molecular formula is C21H17BrN2O6S. The molecule has 1 aliphatic heterocycles. The number of Topliss-reactive ketones (excluding diaryl/α,β-unsaturated/α-hetero) is 1. The van der Waals surface area contributed by atoms with Crippen molar-refractivity contribution >= 4 is 56.4 Å². The van der Waals surface area contributed by atoms with E-state index in [0.29, 0.717) is 15.8 Å². The average Bonchev–Trinajstić information content (AvgIpc) is 2.97. The van der Waals surface area contributed by atoms with Crippen LogP contribution in [0.3, 0.4) is 0 Å². The number of amides is 2. The molecule has 0 spiro atoms. The van der Waals surface area contributed by atoms with Crippen molar-refractivity contribution < 1.29 is 24.0 Å². The Morgan fingerprint density at radius 2 is 1.90 bits per heavy atom. The lowest BCUT2D eigenvalue weighted by atomic mass is 10.1. The highest BCUT2D eigenvalue weighted by Crippen LogP contribution is 2.34. The minimum Gasteiger partial charge on any atom is -0.490 e. The van der Waals surface area contributed by atoms with E-state index in [9.17, 15) is 24.5 Å². The molecule has 1 saturated heterocycles. The van der Waals surface area contributed by atoms with E-state index >= 15 is 0 Å². The Morgan fingerprint density at radius 1 is 1.23 bits per heavy atom. The largest absolute Gasteiger partial charge is 0.490 e. The van der Waals surface area contributed by atoms with Gasteiger partial charge in [-0.2, -0.15) is 0 Å². The zero-order valence-corrected chi connectivity index (χ0v) is 18.9. The summed E-state index contributed by atoms with van der Waals surface area (Å²) in [6.45, 7) is 3.38. The summed E-state index contributed by atoms with van der Waals surface area (Å²) in [5.74, 6) is -0.394. The topological polar surface area (TPSA) is 107 Å². The number of ketones is 1. The first kappa shape index (κ1) is 22.7. The summed E-state index contributed by atoms with van der Waals surface area (Å²) in [5.41, 5.74) is 0.718. The highest BCUT2D eigenvalue weighted by molar-refractivity contribution is 9.10. The standard InChI is InChI=1S/C21H17BrN2O6S/c1-12(2)30-18-8-3-13(9-16(18)22)10-19-20(26)23(21(27)31-19)11-17(25)14-4-6-15(7-5-14)24(28)29/h3-10,12H,11H2,1-2H3/b19-10-. The molecule has 10 heteroatoms. The number of halogens is 1. The monoisotopic (exact) mass is 504 g/mol. The summed E-state index contributed by atoms with van der Waals surface area (Å²) in [4.78, 5) is 48.6. The van der Waals surface area contributed by atoms with Crippen LogP contribution in [0, 0.1) is 10.1 Å². The molecule has 31 heavy (non-hydrogen) atoms. The molecule has 2 aromatic carbocycles. The Labute approximate surface area is 190 Å². The summed E-state index contributed by atoms with van der Waals surface area (Å²) in [6.07, 6.45) is 1.58. The van der Waals surface area contributed by atoms with E-state index in [2.05, 4.69) is 15.9 Å². The molecule has 0 aromatic heterocycles. The molecular weight excluding hydrogens is 488 g/mol. The maximum atomic E-state index is 12.7. The smallest absolute Gasteiger partial charge is 0.293 e. The summed E-state index contributed by atoms with van der Waals surface area (Å²) >= 11 is 4.18. The van der Waals surface area contributed by atoms with Crippen molar-refractivity contribution in [1.82, 2.24) is 4.90 Å². The number of benzene rings is 2. The third-order valence-corrected chi connectivity index (χ3v) is 5.72. The average molecular weight is 505 g/mol. The molecule has 0 atom stereocenters. The number of imide groups is 1. The fourth-order valence-corrected chi connectivity index (χ4v) is 4.08. The molecule has 3 rings (SSSR count). The van der Waals surface area contributed by atoms with Crippen molar-refractivity contribution in [2.24, 2.45) is 0 Å². The fourth-order valence-electron chi connectivity index (χ4n) is 2.75. The first-order chi connectivity index (χ1) is 14.7. The van der Waals surface area contributed by atoms with Gasteiger partial charge < -0.3 is 4.74 Å². The summed E-state index contributed by atoms with van der Waals surface area (Å²) < 4.78 is 6.37. The van der Waals surface area contributed by atoms with Gasteiger partial charge in [-0.15, -0.1) is 0 Å². The van der Waals surface area contributed by atoms with Gasteiger partial charge in [-0.3, -0.25) is 29.4 Å². The quantitative estimate of drug-likeness (QED) is 0.224. The molecule has 1 heterocycles. The van der Waals surface area contributed by atoms with E-state index in [1.54, 1.807) is 24.3 Å². The summed E-state index contributed by atoms with van der Waals surface area (Å²) in [5, 5.41) is 10.2. The van der Waals surface area contributed by atoms with E-state index in [1.807, 2.05) is 13.8 Å². The van der Waals surface area contributed by atoms with Crippen LogP contribution in [0.25, 0.3) is 6.08 Å². The normalized spacial score (nSPS) is 15.1. The summed E-state index contributed by atoms with van der Waals surface area (Å²) in [6, 6.07) is 10.3. The molecule has 1 fully saturated rings. The van der Waals surface area contributed by atoms with Crippen LogP contribution in [-0.2, 0) is 4.79 Å². The lowest BCUT2D eigenvalue weighted by Crippen LogP contribution is -2.33. The Hall–Kier alpha value is -2.98. The third-order valence-electron chi connectivity index (χ3n) is 4.19. The molecule has 2 amide bonds. The molecule has 1 aliphatic rings. The number of ether oxygens (including phenoxy) is 1. The SMILES string of the molecule is CC(C)Oc1ccc(/C=C2\SC(=O)N(CC(=O)c3ccc([N+](=O)[O-])cc3)C2=O)cc1Br. The summed E-state index contributed by atoms with van der Waals surface area (Å²) in [7, 11) is 0. The van der Waals surface area contributed by atoms with Gasteiger partial charge in [0.15, 0.2) is 5.78 Å². The second kappa shape index (κ2) is 9.44. The van der Waals surface area contributed by atoms with E-state index in [4.69, 9.17) is 4.74 Å². The fraction of sp³-hybridized carbons (Fsp3) is 0.190. The minimum atomic E-state index is -0.574. The number of rotatable bonds is 7. The second-order valence-corrected chi connectivity index (χ2v) is 8.70. The van der Waals surface area contributed by atoms with Crippen LogP contribution in [0.5, 0.6) is 5.75 Å². The Kier molecular flexibility index (Phi) is 6.91. The van der Waals surface area contributed by atoms with Gasteiger partial charge in [0.2, 0.25) is 0 Å². The number of nitrogens with zero attached hydrogens (tertiary/aromatic N) is 2. The first-order valence-electron chi connectivity index (χ1n) is 9.15. The molecule has 0 unspecified atom stereocenters. The molecule has 160 valence electrons. The third kappa shape index (κ3) is 5.39. The van der Waals surface area contributed by atoms with Crippen molar-refractivity contribution in [3.8, 4) is 5.75 Å². The molecule has 2 aromatic rings. The van der Waals surface area contributed by atoms with Crippen LogP contribution in [0.2, 0.25) is 0 Å². The lowest BCUT2D eigenvalue weighted by molar-refractivity contribution is -0.384. The number of nitro benzene ring substituents is 1. The molecule has 8 nitrogen and oxygen atoms in total. The predicted molar refractivity (Wildman–Crippen MR) is 120 cm³/mol. The van der Waals surface area contributed by atoms with Crippen LogP contribution in [0.15, 0.2) is 51.8 Å². The van der Waals surface area contributed by atoms with Crippen LogP contribution < -0.4 is 4.74 Å².